The molecule has 0 saturated heterocycles. The predicted molar refractivity (Wildman–Crippen MR) is 128 cm³/mol. The monoisotopic (exact) mass is 500 g/mol. The largest absolute Gasteiger partial charge is 0.505 e. The minimum atomic E-state index is -3.34. The number of nitrogens with one attached hydrogen (secondary N) is 1. The molecule has 4 aromatic rings. The normalized spacial score (nSPS) is 15.0. The van der Waals surface area contributed by atoms with Crippen LogP contribution in [0.5, 0.6) is 5.75 Å². The van der Waals surface area contributed by atoms with Gasteiger partial charge in [0.05, 0.1) is 33.7 Å². The average molecular weight is 501 g/mol. The van der Waals surface area contributed by atoms with Crippen molar-refractivity contribution >= 4 is 32.5 Å². The molecule has 0 radical (unpaired) electrons. The molecule has 0 spiro atoms. The van der Waals surface area contributed by atoms with Crippen LogP contribution in [0.1, 0.15) is 30.1 Å². The number of aromatic nitrogens is 2. The fourth-order valence-electron chi connectivity index (χ4n) is 4.15. The molecular weight excluding hydrogens is 479 g/mol. The Hall–Kier alpha value is -2.94. The Morgan fingerprint density at radius 2 is 1.85 bits per heavy atom. The van der Waals surface area contributed by atoms with Crippen molar-refractivity contribution in [1.29, 1.82) is 0 Å². The van der Waals surface area contributed by atoms with Gasteiger partial charge in [-0.05, 0) is 48.6 Å². The fourth-order valence-corrected chi connectivity index (χ4v) is 6.15. The van der Waals surface area contributed by atoms with E-state index in [0.29, 0.717) is 16.9 Å². The number of aromatic amines is 1. The van der Waals surface area contributed by atoms with E-state index in [9.17, 15) is 23.0 Å². The minimum Gasteiger partial charge on any atom is -0.505 e. The molecular formula is C25H22ClFN2O4S. The van der Waals surface area contributed by atoms with Gasteiger partial charge >= 0.3 is 0 Å². The number of phenols is 1. The van der Waals surface area contributed by atoms with Crippen LogP contribution < -0.4 is 0 Å². The van der Waals surface area contributed by atoms with E-state index in [2.05, 4.69) is 9.97 Å². The lowest BCUT2D eigenvalue weighted by Gasteiger charge is -2.13. The lowest BCUT2D eigenvalue weighted by Crippen LogP contribution is -2.10. The molecule has 1 aliphatic rings. The average Bonchev–Trinajstić information content (AvgIpc) is 3.51. The smallest absolute Gasteiger partial charge is 0.178 e. The van der Waals surface area contributed by atoms with E-state index in [4.69, 9.17) is 11.6 Å². The molecule has 1 aromatic heterocycles. The third-order valence-corrected chi connectivity index (χ3v) is 8.37. The first-order valence-corrected chi connectivity index (χ1v) is 12.9. The number of imidazole rings is 1. The van der Waals surface area contributed by atoms with Gasteiger partial charge in [0, 0.05) is 11.1 Å². The molecule has 1 aliphatic carbocycles. The molecule has 176 valence electrons. The maximum absolute atomic E-state index is 14.4. The molecule has 1 fully saturated rings. The summed E-state index contributed by atoms with van der Waals surface area (Å²) in [6.07, 6.45) is 1.90. The van der Waals surface area contributed by atoms with Crippen molar-refractivity contribution in [1.82, 2.24) is 9.97 Å². The van der Waals surface area contributed by atoms with Gasteiger partial charge < -0.3 is 15.2 Å². The number of aromatic hydroxyl groups is 1. The minimum absolute atomic E-state index is 0.135. The molecule has 1 heterocycles. The second-order valence-corrected chi connectivity index (χ2v) is 11.1. The zero-order valence-electron chi connectivity index (χ0n) is 18.0. The molecule has 9 heteroatoms. The number of hydrogen-bond donors (Lipinski definition) is 3. The van der Waals surface area contributed by atoms with Gasteiger partial charge in [0.2, 0.25) is 0 Å². The molecule has 5 rings (SSSR count). The molecule has 34 heavy (non-hydrogen) atoms. The molecule has 0 aliphatic heterocycles. The lowest BCUT2D eigenvalue weighted by molar-refractivity contribution is 0.277. The molecule has 1 atom stereocenters. The number of phenolic OH excluding ortho intramolecular Hbond substituents is 1. The first-order valence-electron chi connectivity index (χ1n) is 10.9. The van der Waals surface area contributed by atoms with Gasteiger partial charge in [0.25, 0.3) is 0 Å². The second kappa shape index (κ2) is 8.69. The van der Waals surface area contributed by atoms with Crippen molar-refractivity contribution in [3.05, 3.63) is 76.8 Å². The van der Waals surface area contributed by atoms with E-state index in [1.165, 1.54) is 12.1 Å². The third kappa shape index (κ3) is 4.17. The number of nitrogens with zero attached hydrogens (tertiary/aromatic N) is 1. The second-order valence-electron chi connectivity index (χ2n) is 8.61. The Morgan fingerprint density at radius 3 is 2.50 bits per heavy atom. The summed E-state index contributed by atoms with van der Waals surface area (Å²) in [5, 5.41) is 21.1. The highest BCUT2D eigenvalue weighted by Gasteiger charge is 2.29. The summed E-state index contributed by atoms with van der Waals surface area (Å²) in [6, 6.07) is 13.9. The Bertz CT molecular complexity index is 1480. The maximum atomic E-state index is 14.4. The molecule has 6 nitrogen and oxygen atoms in total. The molecule has 1 unspecified atom stereocenters. The third-order valence-electron chi connectivity index (χ3n) is 6.17. The van der Waals surface area contributed by atoms with Gasteiger partial charge in [-0.15, -0.1) is 0 Å². The molecule has 0 bridgehead atoms. The maximum Gasteiger partial charge on any atom is 0.178 e. The van der Waals surface area contributed by atoms with Gasteiger partial charge in [-0.3, -0.25) is 0 Å². The number of rotatable bonds is 7. The highest BCUT2D eigenvalue weighted by Crippen LogP contribution is 2.42. The van der Waals surface area contributed by atoms with Crippen molar-refractivity contribution in [2.24, 2.45) is 5.92 Å². The van der Waals surface area contributed by atoms with Gasteiger partial charge in [-0.1, -0.05) is 41.9 Å². The van der Waals surface area contributed by atoms with Gasteiger partial charge in [-0.2, -0.15) is 0 Å². The van der Waals surface area contributed by atoms with Crippen LogP contribution in [0.25, 0.3) is 22.2 Å². The first kappa shape index (κ1) is 22.8. The van der Waals surface area contributed by atoms with Crippen molar-refractivity contribution < 1.29 is 23.0 Å². The van der Waals surface area contributed by atoms with Crippen LogP contribution in [0.4, 0.5) is 4.39 Å². The van der Waals surface area contributed by atoms with E-state index in [1.54, 1.807) is 42.5 Å². The first-order chi connectivity index (χ1) is 16.3. The summed E-state index contributed by atoms with van der Waals surface area (Å²) >= 11 is 6.37. The molecule has 0 amide bonds. The lowest BCUT2D eigenvalue weighted by atomic mass is 9.99. The van der Waals surface area contributed by atoms with Crippen LogP contribution >= 0.6 is 11.6 Å². The number of hydrogen-bond acceptors (Lipinski definition) is 5. The van der Waals surface area contributed by atoms with Crippen molar-refractivity contribution in [2.75, 3.05) is 12.4 Å². The van der Waals surface area contributed by atoms with Crippen LogP contribution in [0.3, 0.4) is 0 Å². The Kier molecular flexibility index (Phi) is 5.83. The molecule has 3 N–H and O–H groups in total. The van der Waals surface area contributed by atoms with Crippen LogP contribution in [0, 0.1) is 11.7 Å². The van der Waals surface area contributed by atoms with Crippen LogP contribution in [-0.2, 0) is 9.84 Å². The fraction of sp³-hybridized carbons (Fsp3) is 0.240. The van der Waals surface area contributed by atoms with E-state index < -0.39 is 21.6 Å². The number of fused-ring (bicyclic) bond motifs is 1. The van der Waals surface area contributed by atoms with E-state index in [1.807, 2.05) is 0 Å². The number of sulfone groups is 1. The number of H-pyrrole nitrogens is 1. The van der Waals surface area contributed by atoms with E-state index >= 15 is 0 Å². The van der Waals surface area contributed by atoms with Crippen LogP contribution in [0.15, 0.2) is 59.5 Å². The van der Waals surface area contributed by atoms with Crippen molar-refractivity contribution in [2.45, 2.75) is 23.7 Å². The molecule has 1 saturated carbocycles. The highest BCUT2D eigenvalue weighted by molar-refractivity contribution is 7.91. The predicted octanol–water partition coefficient (Wildman–Crippen LogP) is 5.04. The van der Waals surface area contributed by atoms with Crippen molar-refractivity contribution in [3.63, 3.8) is 0 Å². The Morgan fingerprint density at radius 1 is 1.15 bits per heavy atom. The van der Waals surface area contributed by atoms with Gasteiger partial charge in [-0.25, -0.2) is 17.8 Å². The highest BCUT2D eigenvalue weighted by atomic mass is 35.5. The van der Waals surface area contributed by atoms with Crippen LogP contribution in [0.2, 0.25) is 5.02 Å². The number of halogens is 2. The summed E-state index contributed by atoms with van der Waals surface area (Å²) in [5.41, 5.74) is 1.57. The summed E-state index contributed by atoms with van der Waals surface area (Å²) in [6.45, 7) is -0.303. The standard InChI is InChI=1S/C25H22ClFN2O4S/c26-19-11-21-23(24(31)22(19)17-3-1-2-4-20(17)27)29-25(28-21)18(12-30)15-7-9-16(10-8-15)34(32,33)13-14-5-6-14/h1-4,7-11,14,18,30-31H,5-6,12-13H2,(H,28,29). The summed E-state index contributed by atoms with van der Waals surface area (Å²) in [4.78, 5) is 7.80. The number of benzene rings is 3. The quantitative estimate of drug-likeness (QED) is 0.330. The Balaban J connectivity index is 1.52. The van der Waals surface area contributed by atoms with Gasteiger partial charge in [0.1, 0.15) is 17.2 Å². The summed E-state index contributed by atoms with van der Waals surface area (Å²) in [7, 11) is -3.34. The number of aliphatic hydroxyl groups excluding tert-OH is 1. The van der Waals surface area contributed by atoms with E-state index in [-0.39, 0.29) is 50.6 Å². The number of aliphatic hydroxyl groups is 1. The summed E-state index contributed by atoms with van der Waals surface area (Å²) in [5.74, 6) is -0.623. The SMILES string of the molecule is O=S(=O)(CC1CC1)c1ccc(C(CO)c2nc3c(O)c(-c4ccccc4F)c(Cl)cc3[nH]2)cc1. The summed E-state index contributed by atoms with van der Waals surface area (Å²) < 4.78 is 39.4. The van der Waals surface area contributed by atoms with E-state index in [0.717, 1.165) is 12.8 Å². The zero-order chi connectivity index (χ0) is 24.0. The topological polar surface area (TPSA) is 103 Å². The molecule has 3 aromatic carbocycles. The zero-order valence-corrected chi connectivity index (χ0v) is 19.6. The van der Waals surface area contributed by atoms with Crippen molar-refractivity contribution in [3.8, 4) is 16.9 Å². The Labute approximate surface area is 201 Å². The van der Waals surface area contributed by atoms with Crippen LogP contribution in [-0.4, -0.2) is 41.0 Å². The van der Waals surface area contributed by atoms with Gasteiger partial charge in [0.15, 0.2) is 15.6 Å².